The summed E-state index contributed by atoms with van der Waals surface area (Å²) in [5, 5.41) is 44.0. The van der Waals surface area contributed by atoms with Gasteiger partial charge in [0.25, 0.3) is 0 Å². The lowest BCUT2D eigenvalue weighted by atomic mass is 9.90. The van der Waals surface area contributed by atoms with Gasteiger partial charge >= 0.3 is 0 Å². The molecule has 6 fully saturated rings. The van der Waals surface area contributed by atoms with Crippen molar-refractivity contribution in [2.24, 2.45) is 17.8 Å². The fourth-order valence-electron chi connectivity index (χ4n) is 18.3. The Kier molecular flexibility index (Phi) is 31.9. The number of hydrogen-bond acceptors (Lipinski definition) is 15. The van der Waals surface area contributed by atoms with Crippen LogP contribution in [0.2, 0.25) is 0 Å². The van der Waals surface area contributed by atoms with E-state index < -0.39 is 0 Å². The summed E-state index contributed by atoms with van der Waals surface area (Å²) < 4.78 is 7.08. The lowest BCUT2D eigenvalue weighted by Crippen LogP contribution is -2.30. The standard InChI is InChI=1S/3C30H43N5O.3CH4/c3*1-4-5-21(2)32-30-31-19-27-28(20-35(29(27)33-30)25-10-12-26(36)13-11-25)24-8-6-22(7-9-24)18-23-14-16-34(3)17-15-23;;;/h3*6-9,19-21,23,25-26,36H,4-5,10-18H2,1-3H3,(H,31,32,33);3*1H4/t2*21-,25?,26?;;;;/m10..../s1. The highest BCUT2D eigenvalue weighted by Crippen LogP contribution is 2.42. The van der Waals surface area contributed by atoms with Crippen LogP contribution < -0.4 is 16.0 Å². The van der Waals surface area contributed by atoms with Crippen molar-refractivity contribution < 1.29 is 15.3 Å². The summed E-state index contributed by atoms with van der Waals surface area (Å²) in [5.74, 6) is 4.51. The Morgan fingerprint density at radius 1 is 0.351 bits per heavy atom. The molecule has 18 heteroatoms. The zero-order valence-corrected chi connectivity index (χ0v) is 66.9. The lowest BCUT2D eigenvalue weighted by Gasteiger charge is -2.29. The van der Waals surface area contributed by atoms with E-state index in [2.05, 4.69) is 198 Å². The molecule has 111 heavy (non-hydrogen) atoms. The first-order valence-corrected chi connectivity index (χ1v) is 42.3. The summed E-state index contributed by atoms with van der Waals surface area (Å²) >= 11 is 0. The van der Waals surface area contributed by atoms with Crippen molar-refractivity contribution >= 4 is 50.9 Å². The number of aromatic nitrogens is 9. The summed E-state index contributed by atoms with van der Waals surface area (Å²) in [7, 11) is 6.68. The molecule has 6 aromatic heterocycles. The summed E-state index contributed by atoms with van der Waals surface area (Å²) in [6.07, 6.45) is 41.4. The van der Waals surface area contributed by atoms with E-state index in [1.807, 2.05) is 18.6 Å². The topological polar surface area (TPSA) is 199 Å². The van der Waals surface area contributed by atoms with Gasteiger partial charge in [0.05, 0.1) is 18.3 Å². The van der Waals surface area contributed by atoms with Crippen LogP contribution in [0.25, 0.3) is 66.5 Å². The average Bonchev–Trinajstić information content (AvgIpc) is 1.63. The maximum Gasteiger partial charge on any atom is 0.224 e. The number of hydrogen-bond donors (Lipinski definition) is 6. The summed E-state index contributed by atoms with van der Waals surface area (Å²) in [6.45, 7) is 20.5. The highest BCUT2D eigenvalue weighted by Gasteiger charge is 2.30. The minimum Gasteiger partial charge on any atom is -0.393 e. The zero-order valence-electron chi connectivity index (χ0n) is 66.9. The number of nitrogens with zero attached hydrogens (tertiary/aromatic N) is 12. The van der Waals surface area contributed by atoms with Crippen LogP contribution in [0.5, 0.6) is 0 Å². The Bertz CT molecular complexity index is 3800. The van der Waals surface area contributed by atoms with Crippen LogP contribution in [-0.2, 0) is 19.3 Å². The molecular weight excluding hydrogens is 1380 g/mol. The van der Waals surface area contributed by atoms with Crippen LogP contribution in [-0.4, -0.2) is 170 Å². The average molecular weight is 1520 g/mol. The van der Waals surface area contributed by atoms with Gasteiger partial charge in [0.15, 0.2) is 0 Å². The van der Waals surface area contributed by atoms with Crippen molar-refractivity contribution in [2.45, 2.75) is 292 Å². The molecule has 3 aliphatic carbocycles. The number of fused-ring (bicyclic) bond motifs is 3. The van der Waals surface area contributed by atoms with E-state index in [0.717, 1.165) is 166 Å². The van der Waals surface area contributed by atoms with E-state index in [4.69, 9.17) is 29.9 Å². The maximum absolute atomic E-state index is 10.1. The van der Waals surface area contributed by atoms with Gasteiger partial charge in [-0.2, -0.15) is 15.0 Å². The van der Waals surface area contributed by atoms with E-state index >= 15 is 0 Å². The predicted molar refractivity (Wildman–Crippen MR) is 465 cm³/mol. The second-order valence-electron chi connectivity index (χ2n) is 34.0. The van der Waals surface area contributed by atoms with E-state index in [-0.39, 0.29) is 40.6 Å². The molecule has 606 valence electrons. The van der Waals surface area contributed by atoms with E-state index in [0.29, 0.717) is 54.1 Å². The minimum absolute atomic E-state index is 0. The Hall–Kier alpha value is -7.32. The molecule has 3 aromatic carbocycles. The molecule has 18 nitrogen and oxygen atoms in total. The molecule has 6 N–H and O–H groups in total. The SMILES string of the molecule is C.C.C.CCCC(C)Nc1ncc2c(-c3ccc(CC4CCN(C)CC4)cc3)cn(C3CCC(O)CC3)c2n1.CCC[C@@H](C)Nc1ncc2c(-c3ccc(CC4CCN(C)CC4)cc3)cn(C3CCC(O)CC3)c2n1.CCC[C@H](C)Nc1ncc2c(-c3ccc(CC4CCN(C)CC4)cc3)cn(C3CCC(O)CC3)c2n1. The highest BCUT2D eigenvalue weighted by molar-refractivity contribution is 5.96. The number of aliphatic hydroxyl groups excluding tert-OH is 3. The Balaban J connectivity index is 0.000000175. The number of benzene rings is 3. The van der Waals surface area contributed by atoms with E-state index in [1.54, 1.807) is 0 Å². The van der Waals surface area contributed by atoms with Crippen molar-refractivity contribution in [3.63, 3.8) is 0 Å². The third kappa shape index (κ3) is 22.6. The molecule has 9 heterocycles. The van der Waals surface area contributed by atoms with Gasteiger partial charge in [-0.15, -0.1) is 0 Å². The first kappa shape index (κ1) is 86.1. The number of nitrogens with one attached hydrogen (secondary N) is 3. The predicted octanol–water partition coefficient (Wildman–Crippen LogP) is 20.1. The summed E-state index contributed by atoms with van der Waals surface area (Å²) in [6, 6.07) is 29.7. The van der Waals surface area contributed by atoms with E-state index in [9.17, 15) is 15.3 Å². The van der Waals surface area contributed by atoms with Crippen LogP contribution in [0, 0.1) is 17.8 Å². The largest absolute Gasteiger partial charge is 0.393 e. The van der Waals surface area contributed by atoms with Crippen LogP contribution in [0.4, 0.5) is 17.8 Å². The Labute approximate surface area is 666 Å². The van der Waals surface area contributed by atoms with Crippen molar-refractivity contribution in [2.75, 3.05) is 76.4 Å². The molecule has 3 atom stereocenters. The number of aliphatic hydroxyl groups is 3. The second-order valence-corrected chi connectivity index (χ2v) is 34.0. The second kappa shape index (κ2) is 41.1. The summed E-state index contributed by atoms with van der Waals surface area (Å²) in [5.41, 5.74) is 14.6. The van der Waals surface area contributed by atoms with Crippen molar-refractivity contribution in [3.05, 3.63) is 127 Å². The zero-order chi connectivity index (χ0) is 75.2. The fourth-order valence-corrected chi connectivity index (χ4v) is 18.3. The number of rotatable bonds is 24. The molecule has 1 unspecified atom stereocenters. The van der Waals surface area contributed by atoms with Gasteiger partial charge in [-0.1, -0.05) is 135 Å². The molecule has 0 spiro atoms. The number of piperidine rings is 3. The molecule has 3 aliphatic heterocycles. The molecular formula is C93H141N15O3. The summed E-state index contributed by atoms with van der Waals surface area (Å²) in [4.78, 5) is 36.5. The molecule has 0 radical (unpaired) electrons. The monoisotopic (exact) mass is 1520 g/mol. The third-order valence-corrected chi connectivity index (χ3v) is 25.1. The quantitative estimate of drug-likeness (QED) is 0.0334. The molecule has 6 aliphatic rings. The molecule has 3 saturated heterocycles. The van der Waals surface area contributed by atoms with Crippen molar-refractivity contribution in [1.29, 1.82) is 0 Å². The van der Waals surface area contributed by atoms with Crippen LogP contribution in [0.15, 0.2) is 110 Å². The van der Waals surface area contributed by atoms with Gasteiger partial charge in [-0.25, -0.2) is 15.0 Å². The molecule has 0 bridgehead atoms. The first-order chi connectivity index (χ1) is 52.5. The molecule has 0 amide bonds. The Morgan fingerprint density at radius 3 is 0.811 bits per heavy atom. The third-order valence-electron chi connectivity index (χ3n) is 25.1. The number of likely N-dealkylation sites (tertiary alicyclic amines) is 3. The molecule has 3 saturated carbocycles. The van der Waals surface area contributed by atoms with Crippen molar-refractivity contribution in [1.82, 2.24) is 58.3 Å². The molecule has 15 rings (SSSR count). The minimum atomic E-state index is -0.165. The van der Waals surface area contributed by atoms with Gasteiger partial charge < -0.3 is 59.7 Å². The first-order valence-electron chi connectivity index (χ1n) is 42.3. The highest BCUT2D eigenvalue weighted by atomic mass is 16.3. The smallest absolute Gasteiger partial charge is 0.224 e. The normalized spacial score (nSPS) is 22.1. The van der Waals surface area contributed by atoms with Gasteiger partial charge in [0.1, 0.15) is 16.9 Å². The number of anilines is 3. The van der Waals surface area contributed by atoms with Crippen LogP contribution in [0.1, 0.15) is 253 Å². The van der Waals surface area contributed by atoms with Crippen molar-refractivity contribution in [3.8, 4) is 33.4 Å². The van der Waals surface area contributed by atoms with Gasteiger partial charge in [-0.3, -0.25) is 0 Å². The maximum atomic E-state index is 10.1. The van der Waals surface area contributed by atoms with Gasteiger partial charge in [0, 0.05) is 106 Å². The van der Waals surface area contributed by atoms with Crippen LogP contribution in [0.3, 0.4) is 0 Å². The van der Waals surface area contributed by atoms with E-state index in [1.165, 1.54) is 147 Å². The fraction of sp³-hybridized carbons (Fsp3) is 0.613. The van der Waals surface area contributed by atoms with Crippen LogP contribution >= 0.6 is 0 Å². The van der Waals surface area contributed by atoms with Gasteiger partial charge in [0.2, 0.25) is 17.8 Å². The van der Waals surface area contributed by atoms with Gasteiger partial charge in [-0.05, 0) is 286 Å². The lowest BCUT2D eigenvalue weighted by molar-refractivity contribution is 0.111. The Morgan fingerprint density at radius 2 is 0.586 bits per heavy atom. The molecule has 9 aromatic rings.